The van der Waals surface area contributed by atoms with Crippen molar-refractivity contribution in [3.8, 4) is 0 Å². The maximum atomic E-state index is 11.4. The molecule has 3 heterocycles. The van der Waals surface area contributed by atoms with E-state index in [-0.39, 0.29) is 5.82 Å². The van der Waals surface area contributed by atoms with Gasteiger partial charge in [0.1, 0.15) is 30.2 Å². The summed E-state index contributed by atoms with van der Waals surface area (Å²) >= 11 is 0. The largest absolute Gasteiger partial charge is 0.382 e. The lowest BCUT2D eigenvalue weighted by atomic mass is 10.1. The van der Waals surface area contributed by atoms with Crippen LogP contribution in [0.25, 0.3) is 11.2 Å². The van der Waals surface area contributed by atoms with E-state index in [9.17, 15) is 14.4 Å². The Kier molecular flexibility index (Phi) is 4.18. The van der Waals surface area contributed by atoms with Crippen LogP contribution in [0.4, 0.5) is 5.82 Å². The molecule has 12 heteroatoms. The van der Waals surface area contributed by atoms with E-state index < -0.39 is 44.0 Å². The molecule has 11 nitrogen and oxygen atoms in total. The number of hydrogen-bond acceptors (Lipinski definition) is 8. The molecule has 1 saturated heterocycles. The molecule has 3 rings (SSSR count). The van der Waals surface area contributed by atoms with Crippen molar-refractivity contribution in [3.05, 3.63) is 24.5 Å². The second kappa shape index (κ2) is 6.79. The van der Waals surface area contributed by atoms with Crippen LogP contribution in [0.3, 0.4) is 0 Å². The zero-order valence-corrected chi connectivity index (χ0v) is 14.2. The summed E-state index contributed by atoms with van der Waals surface area (Å²) in [5.41, 5.74) is 6.47. The number of ether oxygens (including phenoxy) is 3. The van der Waals surface area contributed by atoms with Crippen molar-refractivity contribution in [2.24, 2.45) is 0 Å². The highest BCUT2D eigenvalue weighted by atomic mass is 31.2. The number of methoxy groups -OCH3 is 2. The molecular weight excluding hydrogens is 353 g/mol. The number of nitrogens with two attached hydrogens (primary N) is 1. The number of imidazole rings is 1. The van der Waals surface area contributed by atoms with Crippen LogP contribution in [0.5, 0.6) is 0 Å². The highest BCUT2D eigenvalue weighted by molar-refractivity contribution is 7.55. The Morgan fingerprint density at radius 1 is 1.36 bits per heavy atom. The van der Waals surface area contributed by atoms with Crippen LogP contribution in [-0.2, 0) is 18.8 Å². The third kappa shape index (κ3) is 3.43. The van der Waals surface area contributed by atoms with Gasteiger partial charge in [0.2, 0.25) is 0 Å². The molecule has 0 radical (unpaired) electrons. The predicted molar refractivity (Wildman–Crippen MR) is 86.4 cm³/mol. The fourth-order valence-electron chi connectivity index (χ4n) is 2.69. The summed E-state index contributed by atoms with van der Waals surface area (Å²) in [4.78, 5) is 30.5. The topological polar surface area (TPSA) is 155 Å². The van der Waals surface area contributed by atoms with Crippen molar-refractivity contribution in [3.63, 3.8) is 0 Å². The maximum absolute atomic E-state index is 11.4. The first-order valence-corrected chi connectivity index (χ1v) is 8.69. The highest BCUT2D eigenvalue weighted by Gasteiger charge is 2.46. The van der Waals surface area contributed by atoms with Gasteiger partial charge in [0.15, 0.2) is 17.7 Å². The summed E-state index contributed by atoms with van der Waals surface area (Å²) < 4.78 is 45.0. The summed E-state index contributed by atoms with van der Waals surface area (Å²) in [6.45, 7) is 0. The lowest BCUT2D eigenvalue weighted by molar-refractivity contribution is -0.0499. The van der Waals surface area contributed by atoms with Gasteiger partial charge >= 0.3 is 7.60 Å². The third-order valence-corrected chi connectivity index (χ3v) is 4.17. The first kappa shape index (κ1) is 15.4. The van der Waals surface area contributed by atoms with Crippen molar-refractivity contribution in [2.45, 2.75) is 24.5 Å². The molecule has 0 aliphatic carbocycles. The zero-order valence-electron chi connectivity index (χ0n) is 15.3. The van der Waals surface area contributed by atoms with E-state index >= 15 is 0 Å². The van der Waals surface area contributed by atoms with Crippen LogP contribution >= 0.6 is 7.60 Å². The SMILES string of the molecule is [2H]/C(=C(/[2H])P(=O)(O)O)[C@H]1O[C@@H](n2cnc3c(N)ncnc32)[C@H](OC)[C@@H]1OC. The maximum Gasteiger partial charge on any atom is 0.348 e. The molecule has 1 fully saturated rings. The Morgan fingerprint density at radius 3 is 2.72 bits per heavy atom. The number of hydrogen-bond donors (Lipinski definition) is 3. The van der Waals surface area contributed by atoms with Crippen molar-refractivity contribution in [2.75, 3.05) is 20.0 Å². The monoisotopic (exact) mass is 373 g/mol. The van der Waals surface area contributed by atoms with Crippen LogP contribution < -0.4 is 5.73 Å². The molecule has 2 aromatic heterocycles. The molecule has 25 heavy (non-hydrogen) atoms. The van der Waals surface area contributed by atoms with E-state index in [1.54, 1.807) is 0 Å². The molecular formula is C13H18N5O6P. The van der Waals surface area contributed by atoms with Gasteiger partial charge in [-0.25, -0.2) is 15.0 Å². The number of rotatable bonds is 5. The molecule has 0 bridgehead atoms. The first-order valence-electron chi connectivity index (χ1n) is 8.08. The van der Waals surface area contributed by atoms with Gasteiger partial charge in [0, 0.05) is 20.0 Å². The van der Waals surface area contributed by atoms with Gasteiger partial charge in [-0.15, -0.1) is 0 Å². The Hall–Kier alpha value is -1.88. The molecule has 0 spiro atoms. The van der Waals surface area contributed by atoms with Crippen molar-refractivity contribution < 1.29 is 31.3 Å². The van der Waals surface area contributed by atoms with Crippen LogP contribution in [-0.4, -0.2) is 61.8 Å². The second-order valence-corrected chi connectivity index (χ2v) is 6.54. The Labute approximate surface area is 145 Å². The smallest absolute Gasteiger partial charge is 0.348 e. The minimum Gasteiger partial charge on any atom is -0.382 e. The van der Waals surface area contributed by atoms with Gasteiger partial charge in [0.05, 0.1) is 9.07 Å². The van der Waals surface area contributed by atoms with Crippen molar-refractivity contribution in [1.82, 2.24) is 19.5 Å². The molecule has 1 aliphatic rings. The summed E-state index contributed by atoms with van der Waals surface area (Å²) in [5, 5.41) is 0. The second-order valence-electron chi connectivity index (χ2n) is 5.23. The average Bonchev–Trinajstić information content (AvgIpc) is 3.20. The van der Waals surface area contributed by atoms with Crippen molar-refractivity contribution in [1.29, 1.82) is 0 Å². The van der Waals surface area contributed by atoms with Gasteiger partial charge in [-0.2, -0.15) is 0 Å². The fraction of sp³-hybridized carbons (Fsp3) is 0.462. The van der Waals surface area contributed by atoms with Gasteiger partial charge in [-0.1, -0.05) is 0 Å². The van der Waals surface area contributed by atoms with Crippen LogP contribution in [0.1, 0.15) is 8.97 Å². The minimum atomic E-state index is -4.93. The van der Waals surface area contributed by atoms with Gasteiger partial charge in [-0.05, 0) is 6.05 Å². The fourth-order valence-corrected chi connectivity index (χ4v) is 2.99. The van der Waals surface area contributed by atoms with E-state index in [4.69, 9.17) is 22.7 Å². The highest BCUT2D eigenvalue weighted by Crippen LogP contribution is 2.40. The van der Waals surface area contributed by atoms with Gasteiger partial charge in [0.25, 0.3) is 0 Å². The summed E-state index contributed by atoms with van der Waals surface area (Å²) in [7, 11) is -2.19. The summed E-state index contributed by atoms with van der Waals surface area (Å²) in [6.07, 6.45) is -1.17. The standard InChI is InChI=1S/C13H18N5O6P/c1-22-9-7(3-4-25(19,20)21)24-13(10(9)23-2)18-6-17-8-11(14)15-5-16-12(8)18/h3-7,9-10,13H,1-2H3,(H2,14,15,16)(H2,19,20,21)/b4-3+/t7-,9-,10-,13-/m1/s1/i3D,4D. The van der Waals surface area contributed by atoms with E-state index in [1.165, 1.54) is 31.4 Å². The van der Waals surface area contributed by atoms with Crippen LogP contribution in [0, 0.1) is 0 Å². The summed E-state index contributed by atoms with van der Waals surface area (Å²) in [6, 6.07) is -0.696. The van der Waals surface area contributed by atoms with Crippen molar-refractivity contribution >= 4 is 24.6 Å². The Bertz CT molecular complexity index is 933. The zero-order chi connectivity index (χ0) is 19.9. The Morgan fingerprint density at radius 2 is 2.08 bits per heavy atom. The quantitative estimate of drug-likeness (QED) is 0.611. The minimum absolute atomic E-state index is 0.168. The number of nitrogens with zero attached hydrogens (tertiary/aromatic N) is 4. The molecule has 0 aromatic carbocycles. The van der Waals surface area contributed by atoms with Crippen LogP contribution in [0.15, 0.2) is 24.5 Å². The predicted octanol–water partition coefficient (Wildman–Crippen LogP) is 0.0273. The molecule has 2 aromatic rings. The molecule has 1 aliphatic heterocycles. The van der Waals surface area contributed by atoms with E-state index in [2.05, 4.69) is 15.0 Å². The average molecular weight is 373 g/mol. The van der Waals surface area contributed by atoms with Gasteiger partial charge in [-0.3, -0.25) is 9.13 Å². The lowest BCUT2D eigenvalue weighted by Crippen LogP contribution is -2.34. The molecule has 0 unspecified atom stereocenters. The first-order chi connectivity index (χ1) is 12.7. The lowest BCUT2D eigenvalue weighted by Gasteiger charge is -2.21. The molecule has 136 valence electrons. The van der Waals surface area contributed by atoms with E-state index in [1.807, 2.05) is 0 Å². The molecule has 4 atom stereocenters. The number of nitrogen functional groups attached to an aromatic ring is 1. The van der Waals surface area contributed by atoms with Gasteiger partial charge < -0.3 is 29.7 Å². The molecule has 0 saturated carbocycles. The molecule has 0 amide bonds. The third-order valence-electron chi connectivity index (χ3n) is 3.75. The normalized spacial score (nSPS) is 29.4. The summed E-state index contributed by atoms with van der Waals surface area (Å²) in [5.74, 6) is -0.978. The molecule has 4 N–H and O–H groups in total. The van der Waals surface area contributed by atoms with E-state index in [0.29, 0.717) is 11.2 Å². The number of fused-ring (bicyclic) bond motifs is 1. The van der Waals surface area contributed by atoms with E-state index in [0.717, 1.165) is 0 Å². The number of anilines is 1. The Balaban J connectivity index is 2.07. The number of aromatic nitrogens is 4. The van der Waals surface area contributed by atoms with Crippen LogP contribution in [0.2, 0.25) is 0 Å².